The molecule has 0 unspecified atom stereocenters. The topological polar surface area (TPSA) is 39.7 Å². The Balaban J connectivity index is 1.99. The number of aryl methyl sites for hydroxylation is 1. The molecule has 0 saturated heterocycles. The van der Waals surface area contributed by atoms with Gasteiger partial charge in [-0.25, -0.2) is 4.99 Å². The standard InChI is InChI=1S/C18H26N4S/c1-5-19-18(21-13-17-10-9-14(2)23-17)20-12-15-7-6-8-16(11-15)22(3)4/h6-11H,5,12-13H2,1-4H3,(H2,19,20,21). The van der Waals surface area contributed by atoms with Crippen molar-refractivity contribution in [2.75, 3.05) is 25.5 Å². The number of anilines is 1. The first-order valence-corrected chi connectivity index (χ1v) is 8.74. The Morgan fingerprint density at radius 2 is 2.00 bits per heavy atom. The molecule has 2 rings (SSSR count). The molecule has 2 N–H and O–H groups in total. The highest BCUT2D eigenvalue weighted by atomic mass is 32.1. The fraction of sp³-hybridized carbons (Fsp3) is 0.389. The van der Waals surface area contributed by atoms with E-state index in [9.17, 15) is 0 Å². The summed E-state index contributed by atoms with van der Waals surface area (Å²) >= 11 is 1.82. The molecule has 23 heavy (non-hydrogen) atoms. The minimum Gasteiger partial charge on any atom is -0.378 e. The van der Waals surface area contributed by atoms with E-state index in [0.717, 1.165) is 19.0 Å². The van der Waals surface area contributed by atoms with Crippen LogP contribution < -0.4 is 15.5 Å². The molecule has 0 saturated carbocycles. The fourth-order valence-electron chi connectivity index (χ4n) is 2.20. The maximum atomic E-state index is 4.69. The van der Waals surface area contributed by atoms with Gasteiger partial charge in [0.05, 0.1) is 13.1 Å². The second-order valence-electron chi connectivity index (χ2n) is 5.63. The molecule has 124 valence electrons. The summed E-state index contributed by atoms with van der Waals surface area (Å²) in [6, 6.07) is 12.8. The zero-order valence-electron chi connectivity index (χ0n) is 14.4. The average molecular weight is 331 g/mol. The van der Waals surface area contributed by atoms with Gasteiger partial charge in [-0.1, -0.05) is 12.1 Å². The third-order valence-corrected chi connectivity index (χ3v) is 4.42. The molecular weight excluding hydrogens is 304 g/mol. The lowest BCUT2D eigenvalue weighted by Gasteiger charge is -2.14. The van der Waals surface area contributed by atoms with Crippen LogP contribution in [0.5, 0.6) is 0 Å². The first kappa shape index (κ1) is 17.3. The van der Waals surface area contributed by atoms with Crippen LogP contribution in [0.1, 0.15) is 22.2 Å². The average Bonchev–Trinajstić information content (AvgIpc) is 2.96. The van der Waals surface area contributed by atoms with E-state index in [1.807, 2.05) is 11.3 Å². The Kier molecular flexibility index (Phi) is 6.47. The van der Waals surface area contributed by atoms with Gasteiger partial charge < -0.3 is 15.5 Å². The molecule has 0 amide bonds. The normalized spacial score (nSPS) is 11.4. The van der Waals surface area contributed by atoms with E-state index in [1.165, 1.54) is 21.0 Å². The molecule has 1 aromatic carbocycles. The van der Waals surface area contributed by atoms with Crippen LogP contribution in [0.2, 0.25) is 0 Å². The Bertz CT molecular complexity index is 646. The van der Waals surface area contributed by atoms with Crippen LogP contribution in [-0.2, 0) is 13.1 Å². The summed E-state index contributed by atoms with van der Waals surface area (Å²) in [7, 11) is 4.11. The number of benzene rings is 1. The summed E-state index contributed by atoms with van der Waals surface area (Å²) in [5.41, 5.74) is 2.41. The Morgan fingerprint density at radius 3 is 2.65 bits per heavy atom. The van der Waals surface area contributed by atoms with Gasteiger partial charge in [-0.15, -0.1) is 11.3 Å². The van der Waals surface area contributed by atoms with Crippen molar-refractivity contribution < 1.29 is 0 Å². The highest BCUT2D eigenvalue weighted by Gasteiger charge is 2.01. The van der Waals surface area contributed by atoms with E-state index in [4.69, 9.17) is 0 Å². The first-order chi connectivity index (χ1) is 11.1. The van der Waals surface area contributed by atoms with Gasteiger partial charge in [0.2, 0.25) is 0 Å². The minimum atomic E-state index is 0.667. The third-order valence-electron chi connectivity index (χ3n) is 3.42. The first-order valence-electron chi connectivity index (χ1n) is 7.92. The molecule has 5 heteroatoms. The highest BCUT2D eigenvalue weighted by Crippen LogP contribution is 2.15. The van der Waals surface area contributed by atoms with Crippen LogP contribution >= 0.6 is 11.3 Å². The van der Waals surface area contributed by atoms with Crippen molar-refractivity contribution in [3.63, 3.8) is 0 Å². The lowest BCUT2D eigenvalue weighted by atomic mass is 10.2. The van der Waals surface area contributed by atoms with E-state index in [0.29, 0.717) is 6.54 Å². The summed E-state index contributed by atoms with van der Waals surface area (Å²) in [5, 5.41) is 6.70. The van der Waals surface area contributed by atoms with Crippen molar-refractivity contribution in [1.29, 1.82) is 0 Å². The quantitative estimate of drug-likeness (QED) is 0.630. The Labute approximate surface area is 143 Å². The molecule has 1 aromatic heterocycles. The van der Waals surface area contributed by atoms with Crippen LogP contribution in [0.4, 0.5) is 5.69 Å². The van der Waals surface area contributed by atoms with Gasteiger partial charge in [0.1, 0.15) is 0 Å². The fourth-order valence-corrected chi connectivity index (χ4v) is 3.03. The van der Waals surface area contributed by atoms with E-state index in [1.54, 1.807) is 0 Å². The number of aliphatic imine (C=N–C) groups is 1. The predicted octanol–water partition coefficient (Wildman–Crippen LogP) is 3.38. The Hall–Kier alpha value is -2.01. The number of hydrogen-bond acceptors (Lipinski definition) is 3. The van der Waals surface area contributed by atoms with Gasteiger partial charge in [-0.2, -0.15) is 0 Å². The molecule has 0 atom stereocenters. The number of nitrogens with one attached hydrogen (secondary N) is 2. The monoisotopic (exact) mass is 330 g/mol. The van der Waals surface area contributed by atoms with Crippen LogP contribution in [-0.4, -0.2) is 26.6 Å². The minimum absolute atomic E-state index is 0.667. The van der Waals surface area contributed by atoms with Crippen molar-refractivity contribution in [2.45, 2.75) is 26.9 Å². The number of guanidine groups is 1. The largest absolute Gasteiger partial charge is 0.378 e. The van der Waals surface area contributed by atoms with Gasteiger partial charge >= 0.3 is 0 Å². The molecule has 0 aliphatic carbocycles. The van der Waals surface area contributed by atoms with Crippen molar-refractivity contribution in [1.82, 2.24) is 10.6 Å². The van der Waals surface area contributed by atoms with Crippen molar-refractivity contribution in [3.8, 4) is 0 Å². The van der Waals surface area contributed by atoms with Gasteiger partial charge in [0, 0.05) is 36.1 Å². The smallest absolute Gasteiger partial charge is 0.191 e. The molecule has 2 aromatic rings. The van der Waals surface area contributed by atoms with Gasteiger partial charge in [0.15, 0.2) is 5.96 Å². The summed E-state index contributed by atoms with van der Waals surface area (Å²) in [4.78, 5) is 9.45. The lowest BCUT2D eigenvalue weighted by molar-refractivity contribution is 0.823. The highest BCUT2D eigenvalue weighted by molar-refractivity contribution is 7.11. The molecule has 0 fully saturated rings. The molecular formula is C18H26N4S. The van der Waals surface area contributed by atoms with Gasteiger partial charge in [-0.3, -0.25) is 0 Å². The summed E-state index contributed by atoms with van der Waals surface area (Å²) in [5.74, 6) is 0.855. The van der Waals surface area contributed by atoms with Gasteiger partial charge in [-0.05, 0) is 43.7 Å². The molecule has 0 radical (unpaired) electrons. The molecule has 0 aliphatic heterocycles. The predicted molar refractivity (Wildman–Crippen MR) is 101 cm³/mol. The van der Waals surface area contributed by atoms with Crippen LogP contribution in [0.15, 0.2) is 41.4 Å². The van der Waals surface area contributed by atoms with E-state index in [2.05, 4.69) is 84.9 Å². The molecule has 0 spiro atoms. The number of rotatable bonds is 6. The molecule has 1 heterocycles. The van der Waals surface area contributed by atoms with Crippen LogP contribution in [0, 0.1) is 6.92 Å². The van der Waals surface area contributed by atoms with E-state index >= 15 is 0 Å². The maximum absolute atomic E-state index is 4.69. The number of thiophene rings is 1. The zero-order chi connectivity index (χ0) is 16.7. The SMILES string of the molecule is CCNC(=NCc1cccc(N(C)C)c1)NCc1ccc(C)s1. The van der Waals surface area contributed by atoms with E-state index < -0.39 is 0 Å². The second kappa shape index (κ2) is 8.58. The molecule has 0 bridgehead atoms. The summed E-state index contributed by atoms with van der Waals surface area (Å²) in [6.07, 6.45) is 0. The number of nitrogens with zero attached hydrogens (tertiary/aromatic N) is 2. The van der Waals surface area contributed by atoms with Gasteiger partial charge in [0.25, 0.3) is 0 Å². The van der Waals surface area contributed by atoms with E-state index in [-0.39, 0.29) is 0 Å². The summed E-state index contributed by atoms with van der Waals surface area (Å²) < 4.78 is 0. The lowest BCUT2D eigenvalue weighted by Crippen LogP contribution is -2.36. The second-order valence-corrected chi connectivity index (χ2v) is 7.00. The van der Waals surface area contributed by atoms with Crippen LogP contribution in [0.25, 0.3) is 0 Å². The molecule has 0 aliphatic rings. The Morgan fingerprint density at radius 1 is 1.17 bits per heavy atom. The van der Waals surface area contributed by atoms with Crippen molar-refractivity contribution in [3.05, 3.63) is 51.7 Å². The molecule has 4 nitrogen and oxygen atoms in total. The third kappa shape index (κ3) is 5.60. The zero-order valence-corrected chi connectivity index (χ0v) is 15.2. The number of hydrogen-bond donors (Lipinski definition) is 2. The summed E-state index contributed by atoms with van der Waals surface area (Å²) in [6.45, 7) is 6.54. The van der Waals surface area contributed by atoms with Crippen molar-refractivity contribution >= 4 is 23.0 Å². The van der Waals surface area contributed by atoms with Crippen molar-refractivity contribution in [2.24, 2.45) is 4.99 Å². The van der Waals surface area contributed by atoms with Crippen LogP contribution in [0.3, 0.4) is 0 Å². The maximum Gasteiger partial charge on any atom is 0.191 e.